The molecule has 21 heavy (non-hydrogen) atoms. The molecule has 1 saturated heterocycles. The Hall–Kier alpha value is -2.08. The van der Waals surface area contributed by atoms with Crippen molar-refractivity contribution in [3.63, 3.8) is 0 Å². The standard InChI is InChI=1S/C15H20N4O2/c1-10-3-5-18(9-14(10)21-2)15(20)12-8-17-19-6-4-11(16)7-13(12)19/h4,6-8,10,14H,3,5,9,16H2,1-2H3. The number of hydrogen-bond acceptors (Lipinski definition) is 4. The molecule has 0 spiro atoms. The maximum absolute atomic E-state index is 12.7. The summed E-state index contributed by atoms with van der Waals surface area (Å²) in [5.41, 5.74) is 7.76. The number of rotatable bonds is 2. The largest absolute Gasteiger partial charge is 0.399 e. The van der Waals surface area contributed by atoms with E-state index in [4.69, 9.17) is 10.5 Å². The van der Waals surface area contributed by atoms with Crippen molar-refractivity contribution in [1.29, 1.82) is 0 Å². The third-order valence-electron chi connectivity index (χ3n) is 4.26. The van der Waals surface area contributed by atoms with Crippen LogP contribution in [0.15, 0.2) is 24.5 Å². The van der Waals surface area contributed by atoms with Gasteiger partial charge in [0.2, 0.25) is 0 Å². The molecule has 2 aromatic heterocycles. The molecule has 2 N–H and O–H groups in total. The third kappa shape index (κ3) is 2.47. The van der Waals surface area contributed by atoms with Gasteiger partial charge in [-0.25, -0.2) is 4.52 Å². The minimum atomic E-state index is -0.00968. The average molecular weight is 288 g/mol. The second kappa shape index (κ2) is 5.37. The van der Waals surface area contributed by atoms with E-state index in [-0.39, 0.29) is 12.0 Å². The Morgan fingerprint density at radius 3 is 3.10 bits per heavy atom. The zero-order valence-corrected chi connectivity index (χ0v) is 12.3. The summed E-state index contributed by atoms with van der Waals surface area (Å²) in [6.45, 7) is 3.53. The minimum absolute atomic E-state index is 0.00968. The first kappa shape index (κ1) is 13.9. The highest BCUT2D eigenvalue weighted by atomic mass is 16.5. The number of carbonyl (C=O) groups is 1. The molecule has 1 aliphatic heterocycles. The first-order chi connectivity index (χ1) is 10.1. The molecule has 3 heterocycles. The van der Waals surface area contributed by atoms with E-state index in [9.17, 15) is 4.79 Å². The summed E-state index contributed by atoms with van der Waals surface area (Å²) in [5.74, 6) is 0.461. The summed E-state index contributed by atoms with van der Waals surface area (Å²) < 4.78 is 7.14. The van der Waals surface area contributed by atoms with Gasteiger partial charge < -0.3 is 15.4 Å². The summed E-state index contributed by atoms with van der Waals surface area (Å²) in [5, 5.41) is 4.21. The molecule has 2 unspecified atom stereocenters. The smallest absolute Gasteiger partial charge is 0.257 e. The predicted octanol–water partition coefficient (Wildman–Crippen LogP) is 1.41. The zero-order chi connectivity index (χ0) is 15.0. The van der Waals surface area contributed by atoms with Gasteiger partial charge in [-0.2, -0.15) is 5.10 Å². The van der Waals surface area contributed by atoms with Crippen LogP contribution in [-0.2, 0) is 4.74 Å². The van der Waals surface area contributed by atoms with E-state index in [1.807, 2.05) is 4.90 Å². The Morgan fingerprint density at radius 1 is 1.52 bits per heavy atom. The van der Waals surface area contributed by atoms with Crippen molar-refractivity contribution in [1.82, 2.24) is 14.5 Å². The van der Waals surface area contributed by atoms with Gasteiger partial charge in [-0.15, -0.1) is 0 Å². The van der Waals surface area contributed by atoms with Crippen molar-refractivity contribution >= 4 is 17.1 Å². The predicted molar refractivity (Wildman–Crippen MR) is 80.1 cm³/mol. The number of ether oxygens (including phenoxy) is 1. The lowest BCUT2D eigenvalue weighted by Gasteiger charge is -2.36. The Balaban J connectivity index is 1.88. The van der Waals surface area contributed by atoms with Gasteiger partial charge in [0.25, 0.3) is 5.91 Å². The van der Waals surface area contributed by atoms with Gasteiger partial charge in [-0.05, 0) is 24.5 Å². The lowest BCUT2D eigenvalue weighted by Crippen LogP contribution is -2.46. The molecule has 3 rings (SSSR count). The summed E-state index contributed by atoms with van der Waals surface area (Å²) in [6.07, 6.45) is 4.41. The van der Waals surface area contributed by atoms with Crippen LogP contribution in [-0.4, -0.2) is 46.7 Å². The van der Waals surface area contributed by atoms with Crippen LogP contribution < -0.4 is 5.73 Å². The third-order valence-corrected chi connectivity index (χ3v) is 4.26. The molecule has 1 fully saturated rings. The molecule has 1 aliphatic rings. The summed E-state index contributed by atoms with van der Waals surface area (Å²) in [6, 6.07) is 3.54. The zero-order valence-electron chi connectivity index (χ0n) is 12.3. The highest BCUT2D eigenvalue weighted by Crippen LogP contribution is 2.23. The lowest BCUT2D eigenvalue weighted by molar-refractivity contribution is -0.00149. The van der Waals surface area contributed by atoms with Crippen LogP contribution in [0.25, 0.3) is 5.52 Å². The molecule has 0 aromatic carbocycles. The molecule has 6 heteroatoms. The number of pyridine rings is 1. The van der Waals surface area contributed by atoms with Gasteiger partial charge in [-0.3, -0.25) is 4.79 Å². The van der Waals surface area contributed by atoms with E-state index >= 15 is 0 Å². The summed E-state index contributed by atoms with van der Waals surface area (Å²) >= 11 is 0. The van der Waals surface area contributed by atoms with Crippen LogP contribution in [0, 0.1) is 5.92 Å². The number of nitrogen functional groups attached to an aromatic ring is 1. The quantitative estimate of drug-likeness (QED) is 0.907. The van der Waals surface area contributed by atoms with Gasteiger partial charge in [0.15, 0.2) is 0 Å². The topological polar surface area (TPSA) is 72.9 Å². The molecule has 0 radical (unpaired) electrons. The number of amides is 1. The first-order valence-electron chi connectivity index (χ1n) is 7.15. The van der Waals surface area contributed by atoms with Gasteiger partial charge in [-0.1, -0.05) is 6.92 Å². The van der Waals surface area contributed by atoms with Crippen LogP contribution in [0.2, 0.25) is 0 Å². The van der Waals surface area contributed by atoms with Crippen molar-refractivity contribution in [2.24, 2.45) is 5.92 Å². The molecule has 0 bridgehead atoms. The van der Waals surface area contributed by atoms with Crippen LogP contribution in [0.3, 0.4) is 0 Å². The number of hydrogen-bond donors (Lipinski definition) is 1. The first-order valence-corrected chi connectivity index (χ1v) is 7.15. The number of methoxy groups -OCH3 is 1. The van der Waals surface area contributed by atoms with Crippen molar-refractivity contribution in [3.05, 3.63) is 30.1 Å². The fourth-order valence-corrected chi connectivity index (χ4v) is 2.86. The number of carbonyl (C=O) groups excluding carboxylic acids is 1. The highest BCUT2D eigenvalue weighted by Gasteiger charge is 2.30. The van der Waals surface area contributed by atoms with Crippen molar-refractivity contribution in [2.75, 3.05) is 25.9 Å². The maximum atomic E-state index is 12.7. The number of anilines is 1. The van der Waals surface area contributed by atoms with E-state index in [1.165, 1.54) is 0 Å². The second-order valence-corrected chi connectivity index (χ2v) is 5.64. The summed E-state index contributed by atoms with van der Waals surface area (Å²) in [7, 11) is 1.70. The van der Waals surface area contributed by atoms with Crippen molar-refractivity contribution in [2.45, 2.75) is 19.4 Å². The highest BCUT2D eigenvalue weighted by molar-refractivity contribution is 6.01. The molecule has 112 valence electrons. The van der Waals surface area contributed by atoms with Crippen LogP contribution in [0.4, 0.5) is 5.69 Å². The number of nitrogens with zero attached hydrogens (tertiary/aromatic N) is 3. The minimum Gasteiger partial charge on any atom is -0.399 e. The Kier molecular flexibility index (Phi) is 3.55. The maximum Gasteiger partial charge on any atom is 0.257 e. The van der Waals surface area contributed by atoms with E-state index in [0.29, 0.717) is 23.7 Å². The molecule has 6 nitrogen and oxygen atoms in total. The van der Waals surface area contributed by atoms with E-state index in [0.717, 1.165) is 18.5 Å². The number of aromatic nitrogens is 2. The fraction of sp³-hybridized carbons (Fsp3) is 0.467. The van der Waals surface area contributed by atoms with Gasteiger partial charge in [0.1, 0.15) is 0 Å². The Labute approximate surface area is 123 Å². The normalized spacial score (nSPS) is 22.7. The molecule has 2 atom stereocenters. The average Bonchev–Trinajstić information content (AvgIpc) is 2.90. The molecular formula is C15H20N4O2. The molecular weight excluding hydrogens is 268 g/mol. The lowest BCUT2D eigenvalue weighted by atomic mass is 9.95. The molecule has 2 aromatic rings. The van der Waals surface area contributed by atoms with Crippen molar-refractivity contribution in [3.8, 4) is 0 Å². The van der Waals surface area contributed by atoms with Crippen LogP contribution >= 0.6 is 0 Å². The number of piperidine rings is 1. The van der Waals surface area contributed by atoms with E-state index < -0.39 is 0 Å². The van der Waals surface area contributed by atoms with Crippen LogP contribution in [0.5, 0.6) is 0 Å². The Bertz CT molecular complexity index is 667. The molecule has 1 amide bonds. The van der Waals surface area contributed by atoms with Crippen molar-refractivity contribution < 1.29 is 9.53 Å². The van der Waals surface area contributed by atoms with E-state index in [1.54, 1.807) is 36.2 Å². The fourth-order valence-electron chi connectivity index (χ4n) is 2.86. The number of fused-ring (bicyclic) bond motifs is 1. The van der Waals surface area contributed by atoms with E-state index in [2.05, 4.69) is 12.0 Å². The Morgan fingerprint density at radius 2 is 2.33 bits per heavy atom. The van der Waals surface area contributed by atoms with Gasteiger partial charge in [0.05, 0.1) is 23.4 Å². The number of nitrogens with two attached hydrogens (primary N) is 1. The molecule has 0 saturated carbocycles. The monoisotopic (exact) mass is 288 g/mol. The SMILES string of the molecule is COC1CN(C(=O)c2cnn3ccc(N)cc23)CCC1C. The second-order valence-electron chi connectivity index (χ2n) is 5.64. The van der Waals surface area contributed by atoms with Gasteiger partial charge in [0, 0.05) is 32.1 Å². The summed E-state index contributed by atoms with van der Waals surface area (Å²) in [4.78, 5) is 14.6. The van der Waals surface area contributed by atoms with Gasteiger partial charge >= 0.3 is 0 Å². The number of likely N-dealkylation sites (tertiary alicyclic amines) is 1. The van der Waals surface area contributed by atoms with Crippen LogP contribution in [0.1, 0.15) is 23.7 Å². The molecule has 0 aliphatic carbocycles.